The quantitative estimate of drug-likeness (QED) is 0.813. The Bertz CT molecular complexity index is 742. The highest BCUT2D eigenvalue weighted by atomic mass is 16.5. The van der Waals surface area contributed by atoms with Gasteiger partial charge in [-0.05, 0) is 37.5 Å². The zero-order chi connectivity index (χ0) is 17.6. The van der Waals surface area contributed by atoms with Gasteiger partial charge in [0, 0.05) is 31.3 Å². The third-order valence-corrected chi connectivity index (χ3v) is 5.14. The van der Waals surface area contributed by atoms with Crippen LogP contribution in [0.5, 0.6) is 0 Å². The molecule has 3 heterocycles. The molecule has 7 nitrogen and oxygen atoms in total. The lowest BCUT2D eigenvalue weighted by molar-refractivity contribution is 0.0475. The molecule has 25 heavy (non-hydrogen) atoms. The number of hydrogen-bond acceptors (Lipinski definition) is 5. The molecule has 2 atom stereocenters. The molecule has 7 heteroatoms. The van der Waals surface area contributed by atoms with E-state index in [0.717, 1.165) is 19.3 Å². The number of carbonyl (C=O) groups is 3. The summed E-state index contributed by atoms with van der Waals surface area (Å²) in [6.07, 6.45) is 2.49. The summed E-state index contributed by atoms with van der Waals surface area (Å²) in [5.74, 6) is -0.797. The van der Waals surface area contributed by atoms with Gasteiger partial charge in [-0.2, -0.15) is 0 Å². The van der Waals surface area contributed by atoms with E-state index in [2.05, 4.69) is 0 Å². The number of nitrogens with zero attached hydrogens (tertiary/aromatic N) is 2. The highest BCUT2D eigenvalue weighted by Gasteiger charge is 2.38. The Morgan fingerprint density at radius 2 is 2.00 bits per heavy atom. The molecule has 2 N–H and O–H groups in total. The first kappa shape index (κ1) is 16.2. The fourth-order valence-corrected chi connectivity index (χ4v) is 3.74. The van der Waals surface area contributed by atoms with E-state index in [1.807, 2.05) is 0 Å². The number of hydrogen-bond donors (Lipinski definition) is 1. The number of ether oxygens (including phenoxy) is 1. The van der Waals surface area contributed by atoms with Gasteiger partial charge < -0.3 is 15.4 Å². The number of rotatable bonds is 3. The third kappa shape index (κ3) is 2.83. The van der Waals surface area contributed by atoms with E-state index in [4.69, 9.17) is 10.5 Å². The summed E-state index contributed by atoms with van der Waals surface area (Å²) in [5, 5.41) is 0. The van der Waals surface area contributed by atoms with Gasteiger partial charge in [-0.25, -0.2) is 0 Å². The van der Waals surface area contributed by atoms with Gasteiger partial charge in [0.25, 0.3) is 17.7 Å². The first-order valence-corrected chi connectivity index (χ1v) is 8.71. The summed E-state index contributed by atoms with van der Waals surface area (Å²) in [4.78, 5) is 40.7. The van der Waals surface area contributed by atoms with E-state index in [1.54, 1.807) is 17.0 Å². The van der Waals surface area contributed by atoms with E-state index in [9.17, 15) is 14.4 Å². The Balaban J connectivity index is 1.55. The lowest BCUT2D eigenvalue weighted by Crippen LogP contribution is -2.36. The normalized spacial score (nSPS) is 25.8. The Morgan fingerprint density at radius 3 is 2.68 bits per heavy atom. The van der Waals surface area contributed by atoms with Crippen molar-refractivity contribution in [3.8, 4) is 0 Å². The van der Waals surface area contributed by atoms with Gasteiger partial charge >= 0.3 is 0 Å². The lowest BCUT2D eigenvalue weighted by atomic mass is 10.0. The molecule has 3 aliphatic rings. The first-order chi connectivity index (χ1) is 12.0. The fourth-order valence-electron chi connectivity index (χ4n) is 3.74. The van der Waals surface area contributed by atoms with Crippen LogP contribution in [0.1, 0.15) is 50.3 Å². The topological polar surface area (TPSA) is 92.9 Å². The second kappa shape index (κ2) is 6.24. The molecule has 4 rings (SSSR count). The Hall–Kier alpha value is -2.25. The summed E-state index contributed by atoms with van der Waals surface area (Å²) in [6.45, 7) is 2.09. The van der Waals surface area contributed by atoms with E-state index in [-0.39, 0.29) is 36.4 Å². The second-order valence-electron chi connectivity index (χ2n) is 6.92. The predicted molar refractivity (Wildman–Crippen MR) is 89.3 cm³/mol. The van der Waals surface area contributed by atoms with Gasteiger partial charge in [-0.15, -0.1) is 0 Å². The van der Waals surface area contributed by atoms with Gasteiger partial charge in [0.05, 0.1) is 23.8 Å². The van der Waals surface area contributed by atoms with Crippen LogP contribution in [0.3, 0.4) is 0 Å². The van der Waals surface area contributed by atoms with Crippen LogP contribution in [0, 0.1) is 0 Å². The van der Waals surface area contributed by atoms with Crippen molar-refractivity contribution in [1.82, 2.24) is 9.80 Å². The van der Waals surface area contributed by atoms with Crippen molar-refractivity contribution in [2.45, 2.75) is 31.4 Å². The average Bonchev–Trinajstić information content (AvgIpc) is 3.32. The number of likely N-dealkylation sites (tertiary alicyclic amines) is 1. The van der Waals surface area contributed by atoms with Crippen LogP contribution in [0.2, 0.25) is 0 Å². The molecule has 0 bridgehead atoms. The summed E-state index contributed by atoms with van der Waals surface area (Å²) in [5.41, 5.74) is 6.94. The Morgan fingerprint density at radius 1 is 1.20 bits per heavy atom. The molecule has 0 aromatic heterocycles. The van der Waals surface area contributed by atoms with Crippen molar-refractivity contribution in [1.29, 1.82) is 0 Å². The molecule has 3 aliphatic heterocycles. The van der Waals surface area contributed by atoms with Gasteiger partial charge in [0.15, 0.2) is 0 Å². The highest BCUT2D eigenvalue weighted by molar-refractivity contribution is 6.22. The van der Waals surface area contributed by atoms with E-state index < -0.39 is 0 Å². The minimum absolute atomic E-state index is 0.00323. The van der Waals surface area contributed by atoms with Crippen LogP contribution in [0.4, 0.5) is 0 Å². The average molecular weight is 343 g/mol. The minimum atomic E-state index is -0.344. The molecule has 1 aromatic rings. The van der Waals surface area contributed by atoms with E-state index in [1.165, 1.54) is 11.0 Å². The van der Waals surface area contributed by atoms with Crippen molar-refractivity contribution in [2.75, 3.05) is 26.2 Å². The molecule has 1 unspecified atom stereocenters. The second-order valence-corrected chi connectivity index (χ2v) is 6.92. The van der Waals surface area contributed by atoms with E-state index >= 15 is 0 Å². The highest BCUT2D eigenvalue weighted by Crippen LogP contribution is 2.26. The van der Waals surface area contributed by atoms with Gasteiger partial charge in [-0.3, -0.25) is 19.3 Å². The van der Waals surface area contributed by atoms with Crippen LogP contribution in [-0.2, 0) is 4.74 Å². The molecule has 0 saturated carbocycles. The fraction of sp³-hybridized carbons (Fsp3) is 0.500. The molecule has 0 radical (unpaired) electrons. The molecule has 132 valence electrons. The molecule has 2 fully saturated rings. The number of amides is 3. The smallest absolute Gasteiger partial charge is 0.261 e. The van der Waals surface area contributed by atoms with Gasteiger partial charge in [-0.1, -0.05) is 0 Å². The number of benzene rings is 1. The zero-order valence-electron chi connectivity index (χ0n) is 13.9. The van der Waals surface area contributed by atoms with Crippen LogP contribution in [0.15, 0.2) is 18.2 Å². The standard InChI is InChI=1S/C18H21N3O4/c19-12-5-6-20(9-12)16(22)11-3-4-14-15(8-11)18(24)21(17(14)23)10-13-2-1-7-25-13/h3-4,8,12-13H,1-2,5-7,9-10,19H2/t12-,13?/m1/s1. The summed E-state index contributed by atoms with van der Waals surface area (Å²) < 4.78 is 5.53. The lowest BCUT2D eigenvalue weighted by Gasteiger charge is -2.18. The molecule has 1 aromatic carbocycles. The van der Waals surface area contributed by atoms with Gasteiger partial charge in [0.1, 0.15) is 0 Å². The molecule has 2 saturated heterocycles. The van der Waals surface area contributed by atoms with Crippen molar-refractivity contribution >= 4 is 17.7 Å². The Kier molecular flexibility index (Phi) is 4.05. The van der Waals surface area contributed by atoms with Gasteiger partial charge in [0.2, 0.25) is 0 Å². The first-order valence-electron chi connectivity index (χ1n) is 8.71. The maximum atomic E-state index is 12.6. The zero-order valence-corrected chi connectivity index (χ0v) is 13.9. The monoisotopic (exact) mass is 343 g/mol. The molecule has 3 amide bonds. The summed E-state index contributed by atoms with van der Waals surface area (Å²) in [7, 11) is 0. The van der Waals surface area contributed by atoms with Crippen LogP contribution < -0.4 is 5.73 Å². The number of fused-ring (bicyclic) bond motifs is 1. The summed E-state index contributed by atoms with van der Waals surface area (Å²) in [6, 6.07) is 4.74. The number of carbonyl (C=O) groups excluding carboxylic acids is 3. The molecular formula is C18H21N3O4. The molecule has 0 spiro atoms. The number of imide groups is 1. The maximum Gasteiger partial charge on any atom is 0.261 e. The van der Waals surface area contributed by atoms with E-state index in [0.29, 0.717) is 36.4 Å². The van der Waals surface area contributed by atoms with Crippen molar-refractivity contribution in [3.63, 3.8) is 0 Å². The van der Waals surface area contributed by atoms with Crippen LogP contribution in [0.25, 0.3) is 0 Å². The van der Waals surface area contributed by atoms with Crippen molar-refractivity contribution in [2.24, 2.45) is 5.73 Å². The third-order valence-electron chi connectivity index (χ3n) is 5.14. The SMILES string of the molecule is N[C@@H]1CCN(C(=O)c2ccc3c(c2)C(=O)N(CC2CCCO2)C3=O)C1. The minimum Gasteiger partial charge on any atom is -0.376 e. The summed E-state index contributed by atoms with van der Waals surface area (Å²) >= 11 is 0. The molecular weight excluding hydrogens is 322 g/mol. The maximum absolute atomic E-state index is 12.6. The van der Waals surface area contributed by atoms with Crippen LogP contribution in [-0.4, -0.2) is 65.9 Å². The van der Waals surface area contributed by atoms with Crippen LogP contribution >= 0.6 is 0 Å². The van der Waals surface area contributed by atoms with Crippen molar-refractivity contribution in [3.05, 3.63) is 34.9 Å². The molecule has 0 aliphatic carbocycles. The number of nitrogens with two attached hydrogens (primary N) is 1. The van der Waals surface area contributed by atoms with Crippen molar-refractivity contribution < 1.29 is 19.1 Å². The predicted octanol–water partition coefficient (Wildman–Crippen LogP) is 0.635. The largest absolute Gasteiger partial charge is 0.376 e. The Labute approximate surface area is 145 Å².